The zero-order valence-corrected chi connectivity index (χ0v) is 23.2. The lowest BCUT2D eigenvalue weighted by molar-refractivity contribution is 0.0383. The van der Waals surface area contributed by atoms with Crippen molar-refractivity contribution in [3.8, 4) is 29.0 Å². The van der Waals surface area contributed by atoms with Gasteiger partial charge in [-0.05, 0) is 42.5 Å². The Morgan fingerprint density at radius 1 is 1.12 bits per heavy atom. The quantitative estimate of drug-likeness (QED) is 0.270. The number of benzene rings is 3. The van der Waals surface area contributed by atoms with Crippen LogP contribution in [0.25, 0.3) is 11.5 Å². The molecule has 210 valence electrons. The predicted octanol–water partition coefficient (Wildman–Crippen LogP) is 5.50. The summed E-state index contributed by atoms with van der Waals surface area (Å²) in [4.78, 5) is 14.9. The van der Waals surface area contributed by atoms with Crippen LogP contribution in [0.1, 0.15) is 27.4 Å². The van der Waals surface area contributed by atoms with E-state index in [1.165, 1.54) is 30.3 Å². The molecule has 1 aliphatic heterocycles. The molecule has 0 saturated carbocycles. The third-order valence-corrected chi connectivity index (χ3v) is 6.86. The Balaban J connectivity index is 1.26. The van der Waals surface area contributed by atoms with Gasteiger partial charge in [0.25, 0.3) is 5.91 Å². The molecule has 3 aromatic carbocycles. The Bertz CT molecular complexity index is 1600. The Kier molecular flexibility index (Phi) is 9.11. The topological polar surface area (TPSA) is 114 Å². The van der Waals surface area contributed by atoms with Gasteiger partial charge < -0.3 is 19.2 Å². The van der Waals surface area contributed by atoms with Crippen LogP contribution in [0, 0.1) is 17.1 Å². The molecule has 9 nitrogen and oxygen atoms in total. The van der Waals surface area contributed by atoms with Gasteiger partial charge in [-0.1, -0.05) is 35.3 Å². The molecule has 5 rings (SSSR count). The van der Waals surface area contributed by atoms with Crippen molar-refractivity contribution >= 4 is 29.1 Å². The second-order valence-corrected chi connectivity index (χ2v) is 10.1. The van der Waals surface area contributed by atoms with Crippen LogP contribution >= 0.6 is 23.2 Å². The van der Waals surface area contributed by atoms with Crippen molar-refractivity contribution in [3.05, 3.63) is 93.0 Å². The molecule has 0 bridgehead atoms. The average molecular weight is 596 g/mol. The van der Waals surface area contributed by atoms with Gasteiger partial charge in [0.2, 0.25) is 11.8 Å². The summed E-state index contributed by atoms with van der Waals surface area (Å²) in [5, 5.41) is 20.5. The van der Waals surface area contributed by atoms with Crippen molar-refractivity contribution in [3.63, 3.8) is 0 Å². The first kappa shape index (κ1) is 28.5. The van der Waals surface area contributed by atoms with E-state index >= 15 is 4.39 Å². The lowest BCUT2D eigenvalue weighted by Gasteiger charge is -2.26. The number of nitrogens with zero attached hydrogens (tertiary/aromatic N) is 4. The summed E-state index contributed by atoms with van der Waals surface area (Å²) in [6.07, 6.45) is -0.0347. The fourth-order valence-electron chi connectivity index (χ4n) is 4.26. The van der Waals surface area contributed by atoms with Crippen LogP contribution in [0.3, 0.4) is 0 Å². The summed E-state index contributed by atoms with van der Waals surface area (Å²) in [7, 11) is 0. The van der Waals surface area contributed by atoms with Gasteiger partial charge in [-0.3, -0.25) is 9.69 Å². The summed E-state index contributed by atoms with van der Waals surface area (Å²) in [6.45, 7) is 4.37. The predicted molar refractivity (Wildman–Crippen MR) is 150 cm³/mol. The smallest absolute Gasteiger partial charge is 0.251 e. The number of carbonyl (C=O) groups excluding carboxylic acids is 1. The maximum absolute atomic E-state index is 15.4. The Labute approximate surface area is 245 Å². The number of ether oxygens (including phenoxy) is 2. The number of hydrogen-bond acceptors (Lipinski definition) is 8. The number of aromatic nitrogens is 2. The summed E-state index contributed by atoms with van der Waals surface area (Å²) < 4.78 is 32.2. The highest BCUT2D eigenvalue weighted by Crippen LogP contribution is 2.36. The Morgan fingerprint density at radius 2 is 1.95 bits per heavy atom. The van der Waals surface area contributed by atoms with E-state index in [4.69, 9.17) is 42.4 Å². The van der Waals surface area contributed by atoms with Gasteiger partial charge in [0.15, 0.2) is 11.6 Å². The van der Waals surface area contributed by atoms with Crippen LogP contribution in [-0.4, -0.2) is 60.4 Å². The van der Waals surface area contributed by atoms with E-state index in [-0.39, 0.29) is 56.8 Å². The highest BCUT2D eigenvalue weighted by atomic mass is 35.5. The van der Waals surface area contributed by atoms with Crippen LogP contribution < -0.4 is 10.1 Å². The van der Waals surface area contributed by atoms with E-state index < -0.39 is 5.82 Å². The first-order valence-electron chi connectivity index (χ1n) is 12.8. The fraction of sp³-hybridized carbons (Fsp3) is 0.241. The molecule has 0 atom stereocenters. The first-order chi connectivity index (χ1) is 19.9. The average Bonchev–Trinajstić information content (AvgIpc) is 3.46. The largest absolute Gasteiger partial charge is 0.453 e. The number of nitriles is 1. The van der Waals surface area contributed by atoms with E-state index in [1.54, 1.807) is 24.3 Å². The minimum absolute atomic E-state index is 0.0347. The second-order valence-electron chi connectivity index (χ2n) is 9.21. The summed E-state index contributed by atoms with van der Waals surface area (Å²) in [5.41, 5.74) is 1.47. The molecule has 4 aromatic rings. The zero-order valence-electron chi connectivity index (χ0n) is 21.7. The molecular formula is C29H24Cl2FN5O4. The number of morpholine rings is 1. The molecule has 12 heteroatoms. The maximum atomic E-state index is 15.4. The molecule has 41 heavy (non-hydrogen) atoms. The van der Waals surface area contributed by atoms with Gasteiger partial charge >= 0.3 is 0 Å². The maximum Gasteiger partial charge on any atom is 0.251 e. The molecule has 0 spiro atoms. The number of halogens is 3. The van der Waals surface area contributed by atoms with Crippen molar-refractivity contribution < 1.29 is 23.1 Å². The molecule has 1 amide bonds. The lowest BCUT2D eigenvalue weighted by Crippen LogP contribution is -2.41. The monoisotopic (exact) mass is 595 g/mol. The summed E-state index contributed by atoms with van der Waals surface area (Å²) in [5.74, 6) is -0.637. The third kappa shape index (κ3) is 7.20. The van der Waals surface area contributed by atoms with E-state index in [9.17, 15) is 4.79 Å². The number of hydrogen-bond donors (Lipinski definition) is 1. The van der Waals surface area contributed by atoms with E-state index in [1.807, 2.05) is 6.07 Å². The standard InChI is InChI=1S/C29H24Cl2FN5O4/c30-22-12-18(17-33)13-23(16-22)40-27-24(31)5-4-19(26(27)32)15-25-35-36-29(41-25)21-3-1-2-20(14-21)28(38)34-6-7-37-8-10-39-11-9-37/h1-5,12-14,16H,6-11,15H2,(H,34,38). The van der Waals surface area contributed by atoms with Gasteiger partial charge in [-0.15, -0.1) is 10.2 Å². The Morgan fingerprint density at radius 3 is 2.76 bits per heavy atom. The minimum Gasteiger partial charge on any atom is -0.453 e. The molecule has 0 aliphatic carbocycles. The van der Waals surface area contributed by atoms with Crippen LogP contribution in [0.4, 0.5) is 4.39 Å². The zero-order chi connectivity index (χ0) is 28.8. The molecule has 1 saturated heterocycles. The molecular weight excluding hydrogens is 572 g/mol. The van der Waals surface area contributed by atoms with Gasteiger partial charge in [0, 0.05) is 47.9 Å². The van der Waals surface area contributed by atoms with E-state index in [2.05, 4.69) is 20.4 Å². The number of carbonyl (C=O) groups is 1. The number of amides is 1. The van der Waals surface area contributed by atoms with Crippen molar-refractivity contribution in [1.82, 2.24) is 20.4 Å². The molecule has 1 aromatic heterocycles. The first-order valence-corrected chi connectivity index (χ1v) is 13.5. The summed E-state index contributed by atoms with van der Waals surface area (Å²) >= 11 is 12.2. The van der Waals surface area contributed by atoms with Crippen molar-refractivity contribution in [2.45, 2.75) is 6.42 Å². The summed E-state index contributed by atoms with van der Waals surface area (Å²) in [6, 6.07) is 16.1. The van der Waals surface area contributed by atoms with Gasteiger partial charge in [0.1, 0.15) is 5.75 Å². The van der Waals surface area contributed by atoms with E-state index in [0.717, 1.165) is 19.6 Å². The molecule has 2 heterocycles. The number of rotatable bonds is 9. The molecule has 1 aliphatic rings. The van der Waals surface area contributed by atoms with Crippen molar-refractivity contribution in [1.29, 1.82) is 5.26 Å². The molecule has 1 N–H and O–H groups in total. The van der Waals surface area contributed by atoms with Crippen molar-refractivity contribution in [2.24, 2.45) is 0 Å². The molecule has 1 fully saturated rings. The van der Waals surface area contributed by atoms with Gasteiger partial charge in [-0.25, -0.2) is 4.39 Å². The Hall–Kier alpha value is -4.01. The minimum atomic E-state index is -0.716. The van der Waals surface area contributed by atoms with Crippen LogP contribution in [0.5, 0.6) is 11.5 Å². The normalized spacial score (nSPS) is 13.5. The van der Waals surface area contributed by atoms with Crippen LogP contribution in [0.2, 0.25) is 10.0 Å². The van der Waals surface area contributed by atoms with Crippen molar-refractivity contribution in [2.75, 3.05) is 39.4 Å². The van der Waals surface area contributed by atoms with Gasteiger partial charge in [0.05, 0.1) is 36.3 Å². The number of nitrogens with one attached hydrogen (secondary N) is 1. The molecule has 0 radical (unpaired) electrons. The SMILES string of the molecule is N#Cc1cc(Cl)cc(Oc2c(Cl)ccc(Cc3nnc(-c4cccc(C(=O)NCCN5CCOCC5)c4)o3)c2F)c1. The third-order valence-electron chi connectivity index (χ3n) is 6.35. The lowest BCUT2D eigenvalue weighted by atomic mass is 10.1. The fourth-order valence-corrected chi connectivity index (χ4v) is 4.67. The second kappa shape index (κ2) is 13.1. The highest BCUT2D eigenvalue weighted by molar-refractivity contribution is 6.32. The van der Waals surface area contributed by atoms with Crippen LogP contribution in [-0.2, 0) is 11.2 Å². The highest BCUT2D eigenvalue weighted by Gasteiger charge is 2.19. The van der Waals surface area contributed by atoms with Crippen LogP contribution in [0.15, 0.2) is 59.0 Å². The molecule has 0 unspecified atom stereocenters. The van der Waals surface area contributed by atoms with E-state index in [0.29, 0.717) is 30.9 Å². The van der Waals surface area contributed by atoms with Gasteiger partial charge in [-0.2, -0.15) is 5.26 Å².